The first kappa shape index (κ1) is 18.5. The minimum Gasteiger partial charge on any atom is -0.484 e. The van der Waals surface area contributed by atoms with Gasteiger partial charge in [-0.25, -0.2) is 0 Å². The Morgan fingerprint density at radius 2 is 2.00 bits per heavy atom. The molecule has 0 spiro atoms. The summed E-state index contributed by atoms with van der Waals surface area (Å²) in [5.74, 6) is 0.619. The Balaban J connectivity index is 1.48. The molecule has 26 heavy (non-hydrogen) atoms. The molecule has 2 aromatic rings. The molecule has 138 valence electrons. The van der Waals surface area contributed by atoms with Crippen LogP contribution in [0.1, 0.15) is 44.6 Å². The van der Waals surface area contributed by atoms with Crippen molar-refractivity contribution in [3.8, 4) is 5.75 Å². The Morgan fingerprint density at radius 1 is 1.19 bits per heavy atom. The third-order valence-corrected chi connectivity index (χ3v) is 5.95. The number of nitrogens with one attached hydrogen (secondary N) is 2. The average molecular weight is 372 g/mol. The maximum Gasteiger partial charge on any atom is 0.279 e. The molecule has 1 aromatic heterocycles. The molecular formula is C20H24N2O3S. The molecule has 1 heterocycles. The third kappa shape index (κ3) is 4.43. The molecule has 0 saturated heterocycles. The van der Waals surface area contributed by atoms with E-state index in [1.54, 1.807) is 0 Å². The highest BCUT2D eigenvalue weighted by atomic mass is 32.1. The van der Waals surface area contributed by atoms with Gasteiger partial charge in [-0.3, -0.25) is 20.4 Å². The summed E-state index contributed by atoms with van der Waals surface area (Å²) >= 11 is 1.52. The first-order valence-corrected chi connectivity index (χ1v) is 9.65. The zero-order valence-corrected chi connectivity index (χ0v) is 16.2. The van der Waals surface area contributed by atoms with Crippen LogP contribution in [-0.2, 0) is 17.6 Å². The molecule has 0 saturated carbocycles. The lowest BCUT2D eigenvalue weighted by atomic mass is 9.90. The van der Waals surface area contributed by atoms with Gasteiger partial charge in [0.25, 0.3) is 11.8 Å². The van der Waals surface area contributed by atoms with E-state index in [1.165, 1.54) is 33.8 Å². The number of fused-ring (bicyclic) bond motifs is 1. The molecular weight excluding hydrogens is 348 g/mol. The van der Waals surface area contributed by atoms with Gasteiger partial charge in [-0.2, -0.15) is 0 Å². The van der Waals surface area contributed by atoms with Crippen molar-refractivity contribution in [1.29, 1.82) is 0 Å². The second kappa shape index (κ2) is 7.91. The standard InChI is InChI=1S/C20H24N2O3S/c1-12-4-7-17-15(8-12)10-18(26-17)20(24)22-21-19(23)11-25-16-6-5-13(2)14(3)9-16/h5-6,9-10,12H,4,7-8,11H2,1-3H3,(H,21,23)(H,22,24). The quantitative estimate of drug-likeness (QED) is 0.809. The number of hydrogen-bond acceptors (Lipinski definition) is 4. The molecule has 0 radical (unpaired) electrons. The van der Waals surface area contributed by atoms with E-state index in [2.05, 4.69) is 17.8 Å². The van der Waals surface area contributed by atoms with Crippen LogP contribution in [0, 0.1) is 19.8 Å². The molecule has 1 unspecified atom stereocenters. The lowest BCUT2D eigenvalue weighted by Gasteiger charge is -2.16. The predicted octanol–water partition coefficient (Wildman–Crippen LogP) is 3.33. The first-order valence-electron chi connectivity index (χ1n) is 8.83. The van der Waals surface area contributed by atoms with E-state index < -0.39 is 5.91 Å². The highest BCUT2D eigenvalue weighted by Crippen LogP contribution is 2.32. The van der Waals surface area contributed by atoms with Crippen LogP contribution in [0.25, 0.3) is 0 Å². The van der Waals surface area contributed by atoms with Gasteiger partial charge < -0.3 is 4.74 Å². The van der Waals surface area contributed by atoms with Gasteiger partial charge in [0, 0.05) is 4.88 Å². The molecule has 1 aliphatic carbocycles. The van der Waals surface area contributed by atoms with E-state index in [0.29, 0.717) is 16.5 Å². The van der Waals surface area contributed by atoms with E-state index >= 15 is 0 Å². The van der Waals surface area contributed by atoms with Gasteiger partial charge in [0.1, 0.15) is 5.75 Å². The van der Waals surface area contributed by atoms with Gasteiger partial charge in [0.2, 0.25) is 0 Å². The zero-order chi connectivity index (χ0) is 18.7. The smallest absolute Gasteiger partial charge is 0.279 e. The van der Waals surface area contributed by atoms with E-state index in [1.807, 2.05) is 38.1 Å². The first-order chi connectivity index (χ1) is 12.4. The van der Waals surface area contributed by atoms with Crippen molar-refractivity contribution in [3.63, 3.8) is 0 Å². The number of hydrazine groups is 1. The Hall–Kier alpha value is -2.34. The van der Waals surface area contributed by atoms with Crippen molar-refractivity contribution in [3.05, 3.63) is 50.7 Å². The number of hydrogen-bond donors (Lipinski definition) is 2. The number of thiophene rings is 1. The van der Waals surface area contributed by atoms with Crippen LogP contribution in [0.4, 0.5) is 0 Å². The van der Waals surface area contributed by atoms with E-state index in [0.717, 1.165) is 18.4 Å². The minimum atomic E-state index is -0.397. The normalized spacial score (nSPS) is 15.9. The molecule has 2 amide bonds. The number of rotatable bonds is 4. The van der Waals surface area contributed by atoms with Crippen LogP contribution < -0.4 is 15.6 Å². The molecule has 1 atom stereocenters. The monoisotopic (exact) mass is 372 g/mol. The molecule has 1 aliphatic rings. The van der Waals surface area contributed by atoms with E-state index in [-0.39, 0.29) is 12.5 Å². The summed E-state index contributed by atoms with van der Waals surface area (Å²) in [5.41, 5.74) is 8.42. The number of carbonyl (C=O) groups excluding carboxylic acids is 2. The predicted molar refractivity (Wildman–Crippen MR) is 103 cm³/mol. The van der Waals surface area contributed by atoms with Crippen molar-refractivity contribution in [2.75, 3.05) is 6.61 Å². The van der Waals surface area contributed by atoms with Crippen molar-refractivity contribution in [2.24, 2.45) is 5.92 Å². The van der Waals surface area contributed by atoms with Crippen molar-refractivity contribution in [2.45, 2.75) is 40.0 Å². The topological polar surface area (TPSA) is 67.4 Å². The zero-order valence-electron chi connectivity index (χ0n) is 15.3. The van der Waals surface area contributed by atoms with Gasteiger partial charge >= 0.3 is 0 Å². The van der Waals surface area contributed by atoms with Crippen molar-refractivity contribution >= 4 is 23.2 Å². The summed E-state index contributed by atoms with van der Waals surface area (Å²) in [7, 11) is 0. The Kier molecular flexibility index (Phi) is 5.61. The number of amides is 2. The summed E-state index contributed by atoms with van der Waals surface area (Å²) in [6.45, 7) is 6.09. The number of benzene rings is 1. The van der Waals surface area contributed by atoms with E-state index in [9.17, 15) is 9.59 Å². The largest absolute Gasteiger partial charge is 0.484 e. The minimum absolute atomic E-state index is 0.152. The summed E-state index contributed by atoms with van der Waals surface area (Å²) in [4.78, 5) is 26.1. The van der Waals surface area contributed by atoms with Crippen LogP contribution >= 0.6 is 11.3 Å². The van der Waals surface area contributed by atoms with Gasteiger partial charge in [-0.1, -0.05) is 13.0 Å². The molecule has 2 N–H and O–H groups in total. The van der Waals surface area contributed by atoms with Gasteiger partial charge in [0.15, 0.2) is 6.61 Å². The van der Waals surface area contributed by atoms with Gasteiger partial charge in [-0.15, -0.1) is 11.3 Å². The third-order valence-electron chi connectivity index (χ3n) is 4.72. The Bertz CT molecular complexity index is 828. The maximum absolute atomic E-state index is 12.2. The second-order valence-corrected chi connectivity index (χ2v) is 8.08. The fourth-order valence-electron chi connectivity index (χ4n) is 2.99. The summed E-state index contributed by atoms with van der Waals surface area (Å²) in [6.07, 6.45) is 3.22. The van der Waals surface area contributed by atoms with Crippen molar-refractivity contribution in [1.82, 2.24) is 10.9 Å². The molecule has 1 aromatic carbocycles. The fourth-order valence-corrected chi connectivity index (χ4v) is 4.10. The molecule has 0 bridgehead atoms. The summed E-state index contributed by atoms with van der Waals surface area (Å²) in [5, 5.41) is 0. The number of ether oxygens (including phenoxy) is 1. The van der Waals surface area contributed by atoms with E-state index in [4.69, 9.17) is 4.74 Å². The van der Waals surface area contributed by atoms with Crippen LogP contribution in [-0.4, -0.2) is 18.4 Å². The lowest BCUT2D eigenvalue weighted by Crippen LogP contribution is -2.43. The molecule has 0 aliphatic heterocycles. The molecule has 5 nitrogen and oxygen atoms in total. The maximum atomic E-state index is 12.2. The Morgan fingerprint density at radius 3 is 2.77 bits per heavy atom. The lowest BCUT2D eigenvalue weighted by molar-refractivity contribution is -0.123. The molecule has 0 fully saturated rings. The highest BCUT2D eigenvalue weighted by Gasteiger charge is 2.20. The number of aryl methyl sites for hydroxylation is 3. The molecule has 3 rings (SSSR count). The summed E-state index contributed by atoms with van der Waals surface area (Å²) < 4.78 is 5.46. The Labute approximate surface area is 157 Å². The summed E-state index contributed by atoms with van der Waals surface area (Å²) in [6, 6.07) is 7.61. The SMILES string of the molecule is Cc1ccc(OCC(=O)NNC(=O)c2cc3c(s2)CCC(C)C3)cc1C. The van der Waals surface area contributed by atoms with Gasteiger partial charge in [0.05, 0.1) is 4.88 Å². The second-order valence-electron chi connectivity index (χ2n) is 6.94. The van der Waals surface area contributed by atoms with Gasteiger partial charge in [-0.05, 0) is 73.9 Å². The average Bonchev–Trinajstić information content (AvgIpc) is 3.03. The van der Waals surface area contributed by atoms with Crippen LogP contribution in [0.3, 0.4) is 0 Å². The van der Waals surface area contributed by atoms with Crippen LogP contribution in [0.2, 0.25) is 0 Å². The number of carbonyl (C=O) groups is 2. The van der Waals surface area contributed by atoms with Crippen LogP contribution in [0.5, 0.6) is 5.75 Å². The van der Waals surface area contributed by atoms with Crippen LogP contribution in [0.15, 0.2) is 24.3 Å². The molecule has 6 heteroatoms. The fraction of sp³-hybridized carbons (Fsp3) is 0.400. The highest BCUT2D eigenvalue weighted by molar-refractivity contribution is 7.14. The van der Waals surface area contributed by atoms with Crippen molar-refractivity contribution < 1.29 is 14.3 Å².